The van der Waals surface area contributed by atoms with Crippen molar-refractivity contribution in [2.24, 2.45) is 0 Å². The number of fused-ring (bicyclic) bond motifs is 1. The molecule has 8 nitrogen and oxygen atoms in total. The average molecular weight is 427 g/mol. The molecule has 0 radical (unpaired) electrons. The van der Waals surface area contributed by atoms with Crippen LogP contribution in [0, 0.1) is 13.8 Å². The Morgan fingerprint density at radius 2 is 1.93 bits per heavy atom. The molecular formula is C21H21N3O5S. The van der Waals surface area contributed by atoms with Crippen molar-refractivity contribution in [3.05, 3.63) is 57.0 Å². The molecule has 30 heavy (non-hydrogen) atoms. The van der Waals surface area contributed by atoms with Gasteiger partial charge in [-0.2, -0.15) is 0 Å². The lowest BCUT2D eigenvalue weighted by Gasteiger charge is -2.10. The number of nitrogens with one attached hydrogen (secondary N) is 1. The normalized spacial score (nSPS) is 10.8. The van der Waals surface area contributed by atoms with Gasteiger partial charge in [-0.3, -0.25) is 23.7 Å². The van der Waals surface area contributed by atoms with Crippen LogP contribution in [0.25, 0.3) is 10.2 Å². The van der Waals surface area contributed by atoms with Gasteiger partial charge in [0.15, 0.2) is 12.4 Å². The molecule has 3 aromatic rings. The molecule has 0 saturated carbocycles. The molecule has 9 heteroatoms. The van der Waals surface area contributed by atoms with Crippen molar-refractivity contribution >= 4 is 44.9 Å². The molecule has 1 aromatic carbocycles. The van der Waals surface area contributed by atoms with E-state index in [2.05, 4.69) is 10.3 Å². The number of benzene rings is 1. The van der Waals surface area contributed by atoms with Crippen LogP contribution >= 0.6 is 11.3 Å². The van der Waals surface area contributed by atoms with E-state index in [0.717, 1.165) is 10.4 Å². The highest BCUT2D eigenvalue weighted by Crippen LogP contribution is 2.25. The second-order valence-corrected chi connectivity index (χ2v) is 7.97. The molecular weight excluding hydrogens is 406 g/mol. The fourth-order valence-electron chi connectivity index (χ4n) is 2.94. The van der Waals surface area contributed by atoms with E-state index in [4.69, 9.17) is 4.74 Å². The highest BCUT2D eigenvalue weighted by atomic mass is 32.1. The van der Waals surface area contributed by atoms with Gasteiger partial charge in [0.2, 0.25) is 0 Å². The van der Waals surface area contributed by atoms with E-state index >= 15 is 0 Å². The maximum absolute atomic E-state index is 12.6. The van der Waals surface area contributed by atoms with Crippen LogP contribution in [0.1, 0.15) is 34.1 Å². The first-order valence-electron chi connectivity index (χ1n) is 9.28. The number of para-hydroxylation sites is 1. The summed E-state index contributed by atoms with van der Waals surface area (Å²) >= 11 is 1.46. The summed E-state index contributed by atoms with van der Waals surface area (Å²) < 4.78 is 6.35. The zero-order chi connectivity index (χ0) is 21.8. The van der Waals surface area contributed by atoms with Gasteiger partial charge in [0.25, 0.3) is 11.5 Å². The predicted molar refractivity (Wildman–Crippen MR) is 114 cm³/mol. The lowest BCUT2D eigenvalue weighted by Crippen LogP contribution is -2.24. The van der Waals surface area contributed by atoms with Crippen LogP contribution in [0.2, 0.25) is 0 Å². The van der Waals surface area contributed by atoms with Gasteiger partial charge in [-0.05, 0) is 38.5 Å². The maximum atomic E-state index is 12.6. The van der Waals surface area contributed by atoms with Gasteiger partial charge in [-0.1, -0.05) is 12.1 Å². The van der Waals surface area contributed by atoms with Crippen LogP contribution < -0.4 is 10.9 Å². The molecule has 0 aliphatic rings. The summed E-state index contributed by atoms with van der Waals surface area (Å²) in [6, 6.07) is 6.58. The number of nitrogens with zero attached hydrogens (tertiary/aromatic N) is 2. The van der Waals surface area contributed by atoms with Crippen LogP contribution in [0.3, 0.4) is 0 Å². The number of esters is 1. The van der Waals surface area contributed by atoms with Gasteiger partial charge in [-0.25, -0.2) is 4.98 Å². The van der Waals surface area contributed by atoms with Gasteiger partial charge in [0, 0.05) is 17.0 Å². The number of hydrogen-bond donors (Lipinski definition) is 1. The molecule has 156 valence electrons. The fourth-order valence-corrected chi connectivity index (χ4v) is 3.93. The average Bonchev–Trinajstić information content (AvgIpc) is 3.00. The third kappa shape index (κ3) is 4.62. The number of carbonyl (C=O) groups excluding carboxylic acids is 3. The van der Waals surface area contributed by atoms with Crippen molar-refractivity contribution < 1.29 is 19.1 Å². The van der Waals surface area contributed by atoms with Gasteiger partial charge < -0.3 is 10.1 Å². The summed E-state index contributed by atoms with van der Waals surface area (Å²) in [7, 11) is 0. The predicted octanol–water partition coefficient (Wildman–Crippen LogP) is 2.85. The van der Waals surface area contributed by atoms with E-state index in [0.29, 0.717) is 21.5 Å². The zero-order valence-corrected chi connectivity index (χ0v) is 17.7. The summed E-state index contributed by atoms with van der Waals surface area (Å²) in [4.78, 5) is 54.3. The van der Waals surface area contributed by atoms with Crippen molar-refractivity contribution in [1.82, 2.24) is 9.55 Å². The van der Waals surface area contributed by atoms with E-state index < -0.39 is 18.5 Å². The number of hydrogen-bond acceptors (Lipinski definition) is 7. The minimum absolute atomic E-state index is 0.0768. The van der Waals surface area contributed by atoms with Crippen molar-refractivity contribution in [2.75, 3.05) is 11.9 Å². The van der Waals surface area contributed by atoms with Crippen LogP contribution in [0.15, 0.2) is 35.4 Å². The topological polar surface area (TPSA) is 107 Å². The van der Waals surface area contributed by atoms with Crippen molar-refractivity contribution in [1.29, 1.82) is 0 Å². The Bertz CT molecular complexity index is 1200. The lowest BCUT2D eigenvalue weighted by atomic mass is 10.1. The van der Waals surface area contributed by atoms with Crippen LogP contribution in [0.5, 0.6) is 0 Å². The minimum atomic E-state index is -0.616. The van der Waals surface area contributed by atoms with E-state index in [9.17, 15) is 19.2 Å². The molecule has 0 aliphatic heterocycles. The number of thiophene rings is 1. The quantitative estimate of drug-likeness (QED) is 0.459. The number of Topliss-reactive ketones (excluding diaryl/α,β-unsaturated/α-hetero) is 1. The molecule has 1 N–H and O–H groups in total. The number of rotatable bonds is 7. The first kappa shape index (κ1) is 21.4. The molecule has 0 atom stereocenters. The van der Waals surface area contributed by atoms with E-state index in [1.165, 1.54) is 29.2 Å². The molecule has 0 fully saturated rings. The molecule has 3 rings (SSSR count). The van der Waals surface area contributed by atoms with Crippen molar-refractivity contribution in [2.45, 2.75) is 33.7 Å². The summed E-state index contributed by atoms with van der Waals surface area (Å²) in [5.74, 6) is -1.35. The number of aromatic nitrogens is 2. The van der Waals surface area contributed by atoms with Gasteiger partial charge in [-0.15, -0.1) is 11.3 Å². The monoisotopic (exact) mass is 427 g/mol. The molecule has 0 spiro atoms. The van der Waals surface area contributed by atoms with Gasteiger partial charge in [0.1, 0.15) is 4.83 Å². The fraction of sp³-hybridized carbons (Fsp3) is 0.286. The number of ketones is 1. The Hall–Kier alpha value is -3.33. The Labute approximate surface area is 176 Å². The SMILES string of the molecule is CC(=O)c1ccccc1NC(=O)COC(=O)CCn1cnc2sc(C)c(C)c2c1=O. The summed E-state index contributed by atoms with van der Waals surface area (Å²) in [6.45, 7) is 4.82. The number of amides is 1. The number of aryl methyl sites for hydroxylation is 3. The van der Waals surface area contributed by atoms with E-state index in [-0.39, 0.29) is 24.3 Å². The van der Waals surface area contributed by atoms with Crippen LogP contribution in [0.4, 0.5) is 5.69 Å². The Morgan fingerprint density at radius 3 is 2.67 bits per heavy atom. The first-order valence-corrected chi connectivity index (χ1v) is 10.1. The third-order valence-corrected chi connectivity index (χ3v) is 5.77. The molecule has 0 saturated heterocycles. The molecule has 1 amide bonds. The summed E-state index contributed by atoms with van der Waals surface area (Å²) in [5, 5.41) is 3.12. The smallest absolute Gasteiger partial charge is 0.308 e. The zero-order valence-electron chi connectivity index (χ0n) is 16.9. The lowest BCUT2D eigenvalue weighted by molar-refractivity contribution is -0.147. The van der Waals surface area contributed by atoms with Gasteiger partial charge >= 0.3 is 5.97 Å². The highest BCUT2D eigenvalue weighted by Gasteiger charge is 2.14. The second-order valence-electron chi connectivity index (χ2n) is 6.77. The number of anilines is 1. The standard InChI is InChI=1S/C21H21N3O5S/c1-12-14(3)30-20-19(12)21(28)24(11-22-20)9-8-18(27)29-10-17(26)23-16-7-5-4-6-15(16)13(2)25/h4-7,11H,8-10H2,1-3H3,(H,23,26). The first-order chi connectivity index (χ1) is 14.3. The van der Waals surface area contributed by atoms with Crippen molar-refractivity contribution in [3.8, 4) is 0 Å². The van der Waals surface area contributed by atoms with Crippen LogP contribution in [-0.4, -0.2) is 33.8 Å². The Morgan fingerprint density at radius 1 is 1.20 bits per heavy atom. The highest BCUT2D eigenvalue weighted by molar-refractivity contribution is 7.18. The van der Waals surface area contributed by atoms with Gasteiger partial charge in [0.05, 0.1) is 23.8 Å². The summed E-state index contributed by atoms with van der Waals surface area (Å²) in [6.07, 6.45) is 1.34. The molecule has 2 aromatic heterocycles. The minimum Gasteiger partial charge on any atom is -0.456 e. The number of carbonyl (C=O) groups is 3. The molecule has 2 heterocycles. The van der Waals surface area contributed by atoms with Crippen molar-refractivity contribution in [3.63, 3.8) is 0 Å². The largest absolute Gasteiger partial charge is 0.456 e. The summed E-state index contributed by atoms with van der Waals surface area (Å²) in [5.41, 5.74) is 1.43. The Kier molecular flexibility index (Phi) is 6.41. The molecule has 0 unspecified atom stereocenters. The molecule has 0 aliphatic carbocycles. The van der Waals surface area contributed by atoms with E-state index in [1.807, 2.05) is 13.8 Å². The third-order valence-electron chi connectivity index (χ3n) is 4.66. The molecule has 0 bridgehead atoms. The van der Waals surface area contributed by atoms with E-state index in [1.54, 1.807) is 24.3 Å². The maximum Gasteiger partial charge on any atom is 0.308 e. The Balaban J connectivity index is 1.56. The van der Waals surface area contributed by atoms with Crippen LogP contribution in [-0.2, 0) is 20.9 Å². The second kappa shape index (κ2) is 9.00. The number of ether oxygens (including phenoxy) is 1.